The molecule has 0 atom stereocenters. The Morgan fingerprint density at radius 3 is 2.65 bits per heavy atom. The quantitative estimate of drug-likeness (QED) is 0.638. The van der Waals surface area contributed by atoms with Gasteiger partial charge in [-0.25, -0.2) is 4.98 Å². The van der Waals surface area contributed by atoms with Crippen molar-refractivity contribution in [3.05, 3.63) is 47.1 Å². The lowest BCUT2D eigenvalue weighted by molar-refractivity contribution is -0.115. The summed E-state index contributed by atoms with van der Waals surface area (Å²) in [4.78, 5) is 16.0. The molecule has 0 radical (unpaired) electrons. The standard InChI is InChI=1S/C14H14BrN3OS/c15-10-1-6-14(17-9-10)20-8-7-13(19)18-12-4-2-11(16)3-5-12/h1-6,9H,7-8,16H2,(H,18,19). The van der Waals surface area contributed by atoms with Gasteiger partial charge < -0.3 is 11.1 Å². The second kappa shape index (κ2) is 7.31. The third-order valence-electron chi connectivity index (χ3n) is 2.47. The third kappa shape index (κ3) is 4.86. The first kappa shape index (κ1) is 14.9. The number of pyridine rings is 1. The van der Waals surface area contributed by atoms with E-state index >= 15 is 0 Å². The van der Waals surface area contributed by atoms with E-state index in [4.69, 9.17) is 5.73 Å². The summed E-state index contributed by atoms with van der Waals surface area (Å²) in [6, 6.07) is 11.0. The molecule has 0 fully saturated rings. The summed E-state index contributed by atoms with van der Waals surface area (Å²) in [6.07, 6.45) is 2.18. The molecule has 0 saturated carbocycles. The maximum absolute atomic E-state index is 11.8. The molecule has 0 bridgehead atoms. The minimum absolute atomic E-state index is 0.0145. The fourth-order valence-corrected chi connectivity index (χ4v) is 2.51. The maximum atomic E-state index is 11.8. The highest BCUT2D eigenvalue weighted by Crippen LogP contribution is 2.18. The van der Waals surface area contributed by atoms with Gasteiger partial charge in [-0.1, -0.05) is 0 Å². The Hall–Kier alpha value is -1.53. The van der Waals surface area contributed by atoms with Crippen LogP contribution in [0.3, 0.4) is 0 Å². The number of aromatic nitrogens is 1. The van der Waals surface area contributed by atoms with Gasteiger partial charge in [0.05, 0.1) is 5.03 Å². The van der Waals surface area contributed by atoms with E-state index in [1.54, 1.807) is 42.2 Å². The van der Waals surface area contributed by atoms with Crippen LogP contribution in [0.25, 0.3) is 0 Å². The number of nitrogens with two attached hydrogens (primary N) is 1. The zero-order valence-corrected chi connectivity index (χ0v) is 13.1. The molecule has 0 unspecified atom stereocenters. The second-order valence-corrected chi connectivity index (χ2v) is 6.11. The number of benzene rings is 1. The van der Waals surface area contributed by atoms with Gasteiger partial charge in [0.1, 0.15) is 0 Å². The fraction of sp³-hybridized carbons (Fsp3) is 0.143. The lowest BCUT2D eigenvalue weighted by atomic mass is 10.3. The number of rotatable bonds is 5. The number of hydrogen-bond acceptors (Lipinski definition) is 4. The highest BCUT2D eigenvalue weighted by atomic mass is 79.9. The van der Waals surface area contributed by atoms with E-state index in [1.165, 1.54) is 0 Å². The molecule has 0 aliphatic carbocycles. The van der Waals surface area contributed by atoms with Gasteiger partial charge in [0.2, 0.25) is 5.91 Å². The van der Waals surface area contributed by atoms with Crippen molar-refractivity contribution in [2.24, 2.45) is 0 Å². The third-order valence-corrected chi connectivity index (χ3v) is 3.89. The Bertz CT molecular complexity index is 572. The molecule has 6 heteroatoms. The molecule has 2 aromatic rings. The first-order valence-corrected chi connectivity index (χ1v) is 7.81. The average Bonchev–Trinajstić information content (AvgIpc) is 2.44. The van der Waals surface area contributed by atoms with Gasteiger partial charge in [0.15, 0.2) is 0 Å². The van der Waals surface area contributed by atoms with Crippen LogP contribution in [-0.2, 0) is 4.79 Å². The minimum Gasteiger partial charge on any atom is -0.399 e. The summed E-state index contributed by atoms with van der Waals surface area (Å²) in [7, 11) is 0. The fourth-order valence-electron chi connectivity index (χ4n) is 1.49. The predicted molar refractivity (Wildman–Crippen MR) is 86.8 cm³/mol. The first-order chi connectivity index (χ1) is 9.63. The Labute approximate surface area is 130 Å². The summed E-state index contributed by atoms with van der Waals surface area (Å²) >= 11 is 4.89. The highest BCUT2D eigenvalue weighted by molar-refractivity contribution is 9.10. The van der Waals surface area contributed by atoms with Crippen molar-refractivity contribution in [2.75, 3.05) is 16.8 Å². The smallest absolute Gasteiger partial charge is 0.225 e. The molecular weight excluding hydrogens is 338 g/mol. The van der Waals surface area contributed by atoms with Crippen LogP contribution < -0.4 is 11.1 Å². The van der Waals surface area contributed by atoms with Crippen LogP contribution in [0, 0.1) is 0 Å². The number of hydrogen-bond donors (Lipinski definition) is 2. The highest BCUT2D eigenvalue weighted by Gasteiger charge is 2.03. The molecule has 0 aliphatic rings. The first-order valence-electron chi connectivity index (χ1n) is 6.03. The monoisotopic (exact) mass is 351 g/mol. The van der Waals surface area contributed by atoms with Crippen molar-refractivity contribution in [2.45, 2.75) is 11.4 Å². The zero-order valence-electron chi connectivity index (χ0n) is 10.7. The largest absolute Gasteiger partial charge is 0.399 e. The predicted octanol–water partition coefficient (Wildman–Crippen LogP) is 3.55. The molecule has 20 heavy (non-hydrogen) atoms. The van der Waals surface area contributed by atoms with Gasteiger partial charge in [0, 0.05) is 34.2 Å². The molecule has 1 amide bonds. The molecule has 1 aromatic heterocycles. The molecule has 3 N–H and O–H groups in total. The molecule has 104 valence electrons. The Balaban J connectivity index is 1.75. The number of carbonyl (C=O) groups excluding carboxylic acids is 1. The number of nitrogens with zero attached hydrogens (tertiary/aromatic N) is 1. The lowest BCUT2D eigenvalue weighted by Crippen LogP contribution is -2.12. The maximum Gasteiger partial charge on any atom is 0.225 e. The van der Waals surface area contributed by atoms with Crippen LogP contribution in [-0.4, -0.2) is 16.6 Å². The van der Waals surface area contributed by atoms with Gasteiger partial charge in [0.25, 0.3) is 0 Å². The zero-order chi connectivity index (χ0) is 14.4. The van der Waals surface area contributed by atoms with Gasteiger partial charge in [-0.05, 0) is 52.3 Å². The van der Waals surface area contributed by atoms with Crippen molar-refractivity contribution in [1.29, 1.82) is 0 Å². The van der Waals surface area contributed by atoms with Gasteiger partial charge >= 0.3 is 0 Å². The number of amides is 1. The van der Waals surface area contributed by atoms with Crippen molar-refractivity contribution in [1.82, 2.24) is 4.98 Å². The van der Waals surface area contributed by atoms with E-state index < -0.39 is 0 Å². The van der Waals surface area contributed by atoms with Crippen molar-refractivity contribution in [3.8, 4) is 0 Å². The van der Waals surface area contributed by atoms with Crippen LogP contribution in [0.15, 0.2) is 52.1 Å². The summed E-state index contributed by atoms with van der Waals surface area (Å²) in [5.74, 6) is 0.675. The average molecular weight is 352 g/mol. The number of anilines is 2. The molecular formula is C14H14BrN3OS. The van der Waals surface area contributed by atoms with E-state index in [-0.39, 0.29) is 5.91 Å². The van der Waals surface area contributed by atoms with Crippen LogP contribution in [0.4, 0.5) is 11.4 Å². The Kier molecular flexibility index (Phi) is 5.43. The van der Waals surface area contributed by atoms with Crippen molar-refractivity contribution >= 4 is 45.0 Å². The van der Waals surface area contributed by atoms with E-state index in [1.807, 2.05) is 12.1 Å². The normalized spacial score (nSPS) is 10.2. The van der Waals surface area contributed by atoms with Crippen molar-refractivity contribution < 1.29 is 4.79 Å². The molecule has 2 rings (SSSR count). The summed E-state index contributed by atoms with van der Waals surface area (Å²) < 4.78 is 0.947. The molecule has 0 spiro atoms. The number of thioether (sulfide) groups is 1. The summed E-state index contributed by atoms with van der Waals surface area (Å²) in [5.41, 5.74) is 7.03. The molecule has 0 aliphatic heterocycles. The Morgan fingerprint density at radius 2 is 2.00 bits per heavy atom. The second-order valence-electron chi connectivity index (χ2n) is 4.08. The molecule has 1 heterocycles. The minimum atomic E-state index is -0.0145. The van der Waals surface area contributed by atoms with E-state index in [9.17, 15) is 4.79 Å². The van der Waals surface area contributed by atoms with Crippen molar-refractivity contribution in [3.63, 3.8) is 0 Å². The van der Waals surface area contributed by atoms with Crippen LogP contribution in [0.5, 0.6) is 0 Å². The van der Waals surface area contributed by atoms with E-state index in [2.05, 4.69) is 26.2 Å². The van der Waals surface area contributed by atoms with Gasteiger partial charge in [-0.2, -0.15) is 0 Å². The number of nitrogen functional groups attached to an aromatic ring is 1. The van der Waals surface area contributed by atoms with E-state index in [0.29, 0.717) is 17.9 Å². The summed E-state index contributed by atoms with van der Waals surface area (Å²) in [6.45, 7) is 0. The van der Waals surface area contributed by atoms with Crippen LogP contribution in [0.1, 0.15) is 6.42 Å². The number of halogens is 1. The van der Waals surface area contributed by atoms with Gasteiger partial charge in [-0.15, -0.1) is 11.8 Å². The SMILES string of the molecule is Nc1ccc(NC(=O)CCSc2ccc(Br)cn2)cc1. The molecule has 1 aromatic carbocycles. The van der Waals surface area contributed by atoms with E-state index in [0.717, 1.165) is 15.2 Å². The van der Waals surface area contributed by atoms with Crippen LogP contribution in [0.2, 0.25) is 0 Å². The summed E-state index contributed by atoms with van der Waals surface area (Å²) in [5, 5.41) is 3.74. The molecule has 0 saturated heterocycles. The number of nitrogens with one attached hydrogen (secondary N) is 1. The topological polar surface area (TPSA) is 68.0 Å². The number of carbonyl (C=O) groups is 1. The van der Waals surface area contributed by atoms with Gasteiger partial charge in [-0.3, -0.25) is 4.79 Å². The molecule has 4 nitrogen and oxygen atoms in total. The lowest BCUT2D eigenvalue weighted by Gasteiger charge is -2.05. The van der Waals surface area contributed by atoms with Crippen LogP contribution >= 0.6 is 27.7 Å². The Morgan fingerprint density at radius 1 is 1.25 bits per heavy atom.